The van der Waals surface area contributed by atoms with Crippen molar-refractivity contribution in [3.63, 3.8) is 0 Å². The lowest BCUT2D eigenvalue weighted by Crippen LogP contribution is -2.41. The molecule has 0 aliphatic rings. The van der Waals surface area contributed by atoms with E-state index in [4.69, 9.17) is 5.73 Å². The fourth-order valence-electron chi connectivity index (χ4n) is 2.18. The van der Waals surface area contributed by atoms with Crippen molar-refractivity contribution < 1.29 is 4.79 Å². The molecule has 1 heterocycles. The van der Waals surface area contributed by atoms with Gasteiger partial charge in [-0.2, -0.15) is 0 Å². The third-order valence-corrected chi connectivity index (χ3v) is 4.41. The number of carbonyl (C=O) groups excluding carboxylic acids is 1. The van der Waals surface area contributed by atoms with Crippen LogP contribution in [-0.2, 0) is 17.8 Å². The molecule has 1 aromatic heterocycles. The molecule has 3 nitrogen and oxygen atoms in total. The lowest BCUT2D eigenvalue weighted by atomic mass is 10.1. The predicted octanol–water partition coefficient (Wildman–Crippen LogP) is 3.92. The first-order chi connectivity index (χ1) is 10.0. The predicted molar refractivity (Wildman–Crippen MR) is 97.0 cm³/mol. The standard InChI is InChI=1S/C17H22N2OS.ClH/c1-4-14-6-8-15(9-7-14)19(17(20)13(3)18)11-16-10-5-12(2)21-16;/h5-10,13H,4,11,18H2,1-3H3;1H/t13-;/m0./s1. The molecule has 1 amide bonds. The average Bonchev–Trinajstić information content (AvgIpc) is 2.89. The summed E-state index contributed by atoms with van der Waals surface area (Å²) in [6.45, 7) is 6.50. The molecule has 2 rings (SSSR count). The van der Waals surface area contributed by atoms with Gasteiger partial charge in [0.15, 0.2) is 0 Å². The second-order valence-electron chi connectivity index (χ2n) is 5.25. The summed E-state index contributed by atoms with van der Waals surface area (Å²) in [5, 5.41) is 0. The molecule has 2 N–H and O–H groups in total. The zero-order valence-corrected chi connectivity index (χ0v) is 14.8. The second-order valence-corrected chi connectivity index (χ2v) is 6.62. The SMILES string of the molecule is CCc1ccc(N(Cc2ccc(C)s2)C(=O)[C@H](C)N)cc1.Cl. The second kappa shape index (κ2) is 8.32. The van der Waals surface area contributed by atoms with Crippen LogP contribution in [0.1, 0.15) is 29.2 Å². The molecule has 2 aromatic rings. The van der Waals surface area contributed by atoms with Gasteiger partial charge in [-0.15, -0.1) is 23.7 Å². The Hall–Kier alpha value is -1.36. The van der Waals surface area contributed by atoms with Crippen LogP contribution in [0.15, 0.2) is 36.4 Å². The van der Waals surface area contributed by atoms with Gasteiger partial charge in [0.1, 0.15) is 0 Å². The zero-order valence-electron chi connectivity index (χ0n) is 13.2. The summed E-state index contributed by atoms with van der Waals surface area (Å²) in [7, 11) is 0. The van der Waals surface area contributed by atoms with Crippen molar-refractivity contribution in [3.8, 4) is 0 Å². The minimum atomic E-state index is -0.503. The van der Waals surface area contributed by atoms with E-state index in [0.29, 0.717) is 6.54 Å². The summed E-state index contributed by atoms with van der Waals surface area (Å²) >= 11 is 1.71. The number of nitrogens with two attached hydrogens (primary N) is 1. The molecule has 0 aliphatic heterocycles. The van der Waals surface area contributed by atoms with E-state index < -0.39 is 6.04 Å². The van der Waals surface area contributed by atoms with Crippen LogP contribution in [0.25, 0.3) is 0 Å². The fraction of sp³-hybridized carbons (Fsp3) is 0.353. The number of benzene rings is 1. The number of nitrogens with zero attached hydrogens (tertiary/aromatic N) is 1. The molecule has 5 heteroatoms. The first-order valence-electron chi connectivity index (χ1n) is 7.22. The minimum Gasteiger partial charge on any atom is -0.320 e. The summed E-state index contributed by atoms with van der Waals surface area (Å²) in [6.07, 6.45) is 0.992. The van der Waals surface area contributed by atoms with Crippen LogP contribution >= 0.6 is 23.7 Å². The molecule has 120 valence electrons. The molecule has 0 aliphatic carbocycles. The molecular weight excluding hydrogens is 316 g/mol. The maximum atomic E-state index is 12.4. The van der Waals surface area contributed by atoms with Gasteiger partial charge >= 0.3 is 0 Å². The van der Waals surface area contributed by atoms with Crippen molar-refractivity contribution in [1.29, 1.82) is 0 Å². The quantitative estimate of drug-likeness (QED) is 0.898. The molecule has 22 heavy (non-hydrogen) atoms. The van der Waals surface area contributed by atoms with E-state index in [0.717, 1.165) is 12.1 Å². The molecule has 1 aromatic carbocycles. The highest BCUT2D eigenvalue weighted by molar-refractivity contribution is 7.11. The average molecular weight is 339 g/mol. The van der Waals surface area contributed by atoms with Crippen molar-refractivity contribution in [2.75, 3.05) is 4.90 Å². The van der Waals surface area contributed by atoms with E-state index in [-0.39, 0.29) is 18.3 Å². The Morgan fingerprint density at radius 3 is 2.32 bits per heavy atom. The summed E-state index contributed by atoms with van der Waals surface area (Å²) in [5.74, 6) is -0.0506. The van der Waals surface area contributed by atoms with Gasteiger partial charge in [0.25, 0.3) is 0 Å². The Bertz CT molecular complexity index is 607. The van der Waals surface area contributed by atoms with E-state index >= 15 is 0 Å². The molecule has 0 saturated heterocycles. The van der Waals surface area contributed by atoms with Crippen LogP contribution in [-0.4, -0.2) is 11.9 Å². The maximum Gasteiger partial charge on any atom is 0.243 e. The normalized spacial score (nSPS) is 11.6. The molecule has 0 fully saturated rings. The Morgan fingerprint density at radius 1 is 1.23 bits per heavy atom. The van der Waals surface area contributed by atoms with Gasteiger partial charge in [0, 0.05) is 15.4 Å². The van der Waals surface area contributed by atoms with Gasteiger partial charge in [-0.3, -0.25) is 4.79 Å². The largest absolute Gasteiger partial charge is 0.320 e. The van der Waals surface area contributed by atoms with Gasteiger partial charge in [0.2, 0.25) is 5.91 Å². The van der Waals surface area contributed by atoms with Crippen LogP contribution < -0.4 is 10.6 Å². The number of carbonyl (C=O) groups is 1. The third kappa shape index (κ3) is 4.57. The molecular formula is C17H23ClN2OS. The number of amides is 1. The third-order valence-electron chi connectivity index (χ3n) is 3.42. The van der Waals surface area contributed by atoms with Crippen LogP contribution in [0.2, 0.25) is 0 Å². The number of thiophene rings is 1. The molecule has 0 unspecified atom stereocenters. The monoisotopic (exact) mass is 338 g/mol. The van der Waals surface area contributed by atoms with Crippen LogP contribution in [0.4, 0.5) is 5.69 Å². The topological polar surface area (TPSA) is 46.3 Å². The van der Waals surface area contributed by atoms with Crippen molar-refractivity contribution in [3.05, 3.63) is 51.7 Å². The zero-order chi connectivity index (χ0) is 15.4. The van der Waals surface area contributed by atoms with E-state index in [2.05, 4.69) is 38.1 Å². The summed E-state index contributed by atoms with van der Waals surface area (Å²) in [5.41, 5.74) is 7.97. The lowest BCUT2D eigenvalue weighted by Gasteiger charge is -2.24. The first-order valence-corrected chi connectivity index (χ1v) is 8.04. The lowest BCUT2D eigenvalue weighted by molar-refractivity contribution is -0.119. The number of aryl methyl sites for hydroxylation is 2. The Labute approximate surface area is 142 Å². The highest BCUT2D eigenvalue weighted by atomic mass is 35.5. The van der Waals surface area contributed by atoms with Crippen molar-refractivity contribution in [2.24, 2.45) is 5.73 Å². The first kappa shape index (κ1) is 18.7. The van der Waals surface area contributed by atoms with Gasteiger partial charge in [0.05, 0.1) is 12.6 Å². The van der Waals surface area contributed by atoms with Crippen LogP contribution in [0.3, 0.4) is 0 Å². The summed E-state index contributed by atoms with van der Waals surface area (Å²) in [4.78, 5) is 16.6. The number of hydrogen-bond donors (Lipinski definition) is 1. The number of rotatable bonds is 5. The van der Waals surface area contributed by atoms with Gasteiger partial charge in [-0.05, 0) is 50.1 Å². The molecule has 0 bridgehead atoms. The molecule has 0 spiro atoms. The summed E-state index contributed by atoms with van der Waals surface area (Å²) < 4.78 is 0. The van der Waals surface area contributed by atoms with Crippen molar-refractivity contribution in [1.82, 2.24) is 0 Å². The van der Waals surface area contributed by atoms with Crippen LogP contribution in [0.5, 0.6) is 0 Å². The van der Waals surface area contributed by atoms with E-state index in [1.54, 1.807) is 23.2 Å². The smallest absolute Gasteiger partial charge is 0.243 e. The van der Waals surface area contributed by atoms with Gasteiger partial charge in [-0.25, -0.2) is 0 Å². The number of anilines is 1. The van der Waals surface area contributed by atoms with Crippen molar-refractivity contribution >= 4 is 35.3 Å². The minimum absolute atomic E-state index is 0. The number of hydrogen-bond acceptors (Lipinski definition) is 3. The van der Waals surface area contributed by atoms with E-state index in [9.17, 15) is 4.79 Å². The van der Waals surface area contributed by atoms with Gasteiger partial charge in [-0.1, -0.05) is 19.1 Å². The Balaban J connectivity index is 0.00000242. The van der Waals surface area contributed by atoms with Gasteiger partial charge < -0.3 is 10.6 Å². The molecule has 1 atom stereocenters. The molecule has 0 saturated carbocycles. The maximum absolute atomic E-state index is 12.4. The summed E-state index contributed by atoms with van der Waals surface area (Å²) in [6, 6.07) is 11.8. The number of halogens is 1. The van der Waals surface area contributed by atoms with E-state index in [1.165, 1.54) is 15.3 Å². The highest BCUT2D eigenvalue weighted by Gasteiger charge is 2.20. The van der Waals surface area contributed by atoms with E-state index in [1.807, 2.05) is 12.1 Å². The fourth-order valence-corrected chi connectivity index (χ4v) is 3.06. The molecule has 0 radical (unpaired) electrons. The van der Waals surface area contributed by atoms with Crippen LogP contribution in [0, 0.1) is 6.92 Å². The Kier molecular flexibility index (Phi) is 7.07. The van der Waals surface area contributed by atoms with Crippen molar-refractivity contribution in [2.45, 2.75) is 39.8 Å². The highest BCUT2D eigenvalue weighted by Crippen LogP contribution is 2.23. The Morgan fingerprint density at radius 2 is 1.86 bits per heavy atom.